The number of likely N-dealkylation sites (tertiary alicyclic amines) is 1. The summed E-state index contributed by atoms with van der Waals surface area (Å²) in [6, 6.07) is 8.11. The van der Waals surface area contributed by atoms with Crippen molar-refractivity contribution in [2.45, 2.75) is 45.3 Å². The van der Waals surface area contributed by atoms with Crippen molar-refractivity contribution in [3.63, 3.8) is 0 Å². The second kappa shape index (κ2) is 6.28. The lowest BCUT2D eigenvalue weighted by Crippen LogP contribution is -2.49. The van der Waals surface area contributed by atoms with Gasteiger partial charge in [-0.15, -0.1) is 0 Å². The molecule has 0 radical (unpaired) electrons. The van der Waals surface area contributed by atoms with Crippen molar-refractivity contribution in [1.82, 2.24) is 15.0 Å². The van der Waals surface area contributed by atoms with Crippen molar-refractivity contribution in [3.05, 3.63) is 47.3 Å². The van der Waals surface area contributed by atoms with Gasteiger partial charge in [-0.3, -0.25) is 4.90 Å². The van der Waals surface area contributed by atoms with Crippen LogP contribution in [0.5, 0.6) is 0 Å². The quantitative estimate of drug-likeness (QED) is 0.786. The molecule has 6 heteroatoms. The third-order valence-electron chi connectivity index (χ3n) is 4.97. The summed E-state index contributed by atoms with van der Waals surface area (Å²) in [5.74, 6) is 2.06. The Balaban J connectivity index is 1.52. The average Bonchev–Trinajstić information content (AvgIpc) is 3.11. The molecule has 6 nitrogen and oxygen atoms in total. The van der Waals surface area contributed by atoms with E-state index in [1.54, 1.807) is 6.92 Å². The van der Waals surface area contributed by atoms with Crippen molar-refractivity contribution in [2.75, 3.05) is 13.1 Å². The molecule has 2 aromatic heterocycles. The van der Waals surface area contributed by atoms with Gasteiger partial charge in [0, 0.05) is 24.0 Å². The van der Waals surface area contributed by atoms with Crippen molar-refractivity contribution in [2.24, 2.45) is 0 Å². The predicted octanol–water partition coefficient (Wildman–Crippen LogP) is 3.00. The topological polar surface area (TPSA) is 75.5 Å². The van der Waals surface area contributed by atoms with E-state index < -0.39 is 5.60 Å². The molecule has 4 rings (SSSR count). The molecule has 1 fully saturated rings. The smallest absolute Gasteiger partial charge is 0.229 e. The Hall–Kier alpha value is -2.18. The Morgan fingerprint density at radius 2 is 2.12 bits per heavy atom. The van der Waals surface area contributed by atoms with Crippen LogP contribution in [0.25, 0.3) is 11.0 Å². The summed E-state index contributed by atoms with van der Waals surface area (Å²) < 4.78 is 11.1. The molecule has 25 heavy (non-hydrogen) atoms. The number of rotatable bonds is 4. The zero-order valence-corrected chi connectivity index (χ0v) is 14.7. The molecule has 1 aliphatic heterocycles. The van der Waals surface area contributed by atoms with Gasteiger partial charge in [0.05, 0.1) is 12.0 Å². The molecule has 0 spiro atoms. The van der Waals surface area contributed by atoms with Gasteiger partial charge in [0.1, 0.15) is 11.3 Å². The summed E-state index contributed by atoms with van der Waals surface area (Å²) in [5.41, 5.74) is 1.29. The molecule has 0 saturated carbocycles. The molecule has 0 aliphatic carbocycles. The van der Waals surface area contributed by atoms with E-state index in [4.69, 9.17) is 8.94 Å². The monoisotopic (exact) mass is 341 g/mol. The third kappa shape index (κ3) is 3.32. The number of fused-ring (bicyclic) bond motifs is 1. The van der Waals surface area contributed by atoms with E-state index in [0.29, 0.717) is 24.7 Å². The summed E-state index contributed by atoms with van der Waals surface area (Å²) in [6.07, 6.45) is 2.09. The normalized spacial score (nSPS) is 21.9. The van der Waals surface area contributed by atoms with E-state index in [1.165, 1.54) is 5.56 Å². The van der Waals surface area contributed by atoms with Crippen molar-refractivity contribution in [1.29, 1.82) is 0 Å². The van der Waals surface area contributed by atoms with Gasteiger partial charge in [0.2, 0.25) is 5.89 Å². The molecule has 1 aliphatic rings. The highest BCUT2D eigenvalue weighted by Crippen LogP contribution is 2.30. The maximum Gasteiger partial charge on any atom is 0.229 e. The maximum absolute atomic E-state index is 11.0. The fraction of sp³-hybridized carbons (Fsp3) is 0.474. The van der Waals surface area contributed by atoms with Crippen LogP contribution in [0, 0.1) is 13.8 Å². The van der Waals surface area contributed by atoms with Gasteiger partial charge in [-0.25, -0.2) is 0 Å². The Morgan fingerprint density at radius 3 is 2.92 bits per heavy atom. The first-order valence-corrected chi connectivity index (χ1v) is 8.73. The molecule has 1 N–H and O–H groups in total. The Labute approximate surface area is 146 Å². The standard InChI is InChI=1S/C19H23N3O3/c1-13-16(15-6-3-4-7-17(15)24-13)11-22-9-5-8-19(23,12-22)10-18-20-14(2)21-25-18/h3-4,6-7,23H,5,8-12H2,1-2H3. The lowest BCUT2D eigenvalue weighted by Gasteiger charge is -2.38. The zero-order valence-electron chi connectivity index (χ0n) is 14.7. The molecule has 1 atom stereocenters. The Kier molecular flexibility index (Phi) is 4.09. The number of aryl methyl sites for hydroxylation is 2. The minimum absolute atomic E-state index is 0.398. The van der Waals surface area contributed by atoms with Crippen LogP contribution in [0.1, 0.15) is 35.9 Å². The minimum Gasteiger partial charge on any atom is -0.461 e. The fourth-order valence-electron chi connectivity index (χ4n) is 3.82. The van der Waals surface area contributed by atoms with Crippen LogP contribution in [0.4, 0.5) is 0 Å². The van der Waals surface area contributed by atoms with Crippen LogP contribution in [0.3, 0.4) is 0 Å². The van der Waals surface area contributed by atoms with Crippen LogP contribution < -0.4 is 0 Å². The second-order valence-electron chi connectivity index (χ2n) is 7.08. The highest BCUT2D eigenvalue weighted by atomic mass is 16.5. The number of para-hydroxylation sites is 1. The number of nitrogens with zero attached hydrogens (tertiary/aromatic N) is 3. The lowest BCUT2D eigenvalue weighted by atomic mass is 9.89. The first-order chi connectivity index (χ1) is 12.0. The van der Waals surface area contributed by atoms with Crippen molar-refractivity contribution < 1.29 is 14.0 Å². The van der Waals surface area contributed by atoms with Gasteiger partial charge >= 0.3 is 0 Å². The molecule has 3 heterocycles. The molecule has 1 aromatic carbocycles. The molecule has 0 amide bonds. The van der Waals surface area contributed by atoms with Crippen molar-refractivity contribution in [3.8, 4) is 0 Å². The molecule has 3 aromatic rings. The Morgan fingerprint density at radius 1 is 1.28 bits per heavy atom. The van der Waals surface area contributed by atoms with Crippen LogP contribution >= 0.6 is 0 Å². The maximum atomic E-state index is 11.0. The number of piperidine rings is 1. The van der Waals surface area contributed by atoms with Gasteiger partial charge in [0.15, 0.2) is 5.82 Å². The van der Waals surface area contributed by atoms with Crippen LogP contribution in [-0.4, -0.2) is 38.8 Å². The van der Waals surface area contributed by atoms with Gasteiger partial charge < -0.3 is 14.0 Å². The average molecular weight is 341 g/mol. The van der Waals surface area contributed by atoms with Gasteiger partial charge in [-0.05, 0) is 39.3 Å². The number of aromatic nitrogens is 2. The molecular weight excluding hydrogens is 318 g/mol. The van der Waals surface area contributed by atoms with E-state index in [2.05, 4.69) is 21.1 Å². The number of hydrogen-bond acceptors (Lipinski definition) is 6. The van der Waals surface area contributed by atoms with Gasteiger partial charge in [-0.2, -0.15) is 4.98 Å². The summed E-state index contributed by atoms with van der Waals surface area (Å²) in [5, 5.41) is 16.0. The highest BCUT2D eigenvalue weighted by molar-refractivity contribution is 5.82. The summed E-state index contributed by atoms with van der Waals surface area (Å²) in [4.78, 5) is 6.52. The summed E-state index contributed by atoms with van der Waals surface area (Å²) >= 11 is 0. The van der Waals surface area contributed by atoms with E-state index in [9.17, 15) is 5.11 Å². The number of aliphatic hydroxyl groups is 1. The van der Waals surface area contributed by atoms with E-state index in [0.717, 1.165) is 42.7 Å². The molecule has 1 saturated heterocycles. The molecular formula is C19H23N3O3. The SMILES string of the molecule is Cc1noc(CC2(O)CCCN(Cc3c(C)oc4ccccc34)C2)n1. The van der Waals surface area contributed by atoms with Crippen LogP contribution in [0.15, 0.2) is 33.2 Å². The highest BCUT2D eigenvalue weighted by Gasteiger charge is 2.35. The minimum atomic E-state index is -0.829. The zero-order chi connectivity index (χ0) is 17.4. The second-order valence-corrected chi connectivity index (χ2v) is 7.08. The van der Waals surface area contributed by atoms with Crippen molar-refractivity contribution >= 4 is 11.0 Å². The number of hydrogen-bond donors (Lipinski definition) is 1. The van der Waals surface area contributed by atoms with Crippen LogP contribution in [0.2, 0.25) is 0 Å². The number of β-amino-alcohol motifs (C(OH)–C–C–N with tert-alkyl or cyclic N) is 1. The van der Waals surface area contributed by atoms with E-state index in [1.807, 2.05) is 25.1 Å². The first kappa shape index (κ1) is 16.3. The van der Waals surface area contributed by atoms with E-state index >= 15 is 0 Å². The summed E-state index contributed by atoms with van der Waals surface area (Å²) in [7, 11) is 0. The van der Waals surface area contributed by atoms with Gasteiger partial charge in [0.25, 0.3) is 0 Å². The van der Waals surface area contributed by atoms with Crippen LogP contribution in [-0.2, 0) is 13.0 Å². The molecule has 0 bridgehead atoms. The largest absolute Gasteiger partial charge is 0.461 e. The first-order valence-electron chi connectivity index (χ1n) is 8.73. The molecule has 132 valence electrons. The number of furan rings is 1. The Bertz CT molecular complexity index is 885. The lowest BCUT2D eigenvalue weighted by molar-refractivity contribution is -0.0373. The fourth-order valence-corrected chi connectivity index (χ4v) is 3.82. The van der Waals surface area contributed by atoms with Gasteiger partial charge in [-0.1, -0.05) is 23.4 Å². The third-order valence-corrected chi connectivity index (χ3v) is 4.97. The number of benzene rings is 1. The van der Waals surface area contributed by atoms with E-state index in [-0.39, 0.29) is 0 Å². The summed E-state index contributed by atoms with van der Waals surface area (Å²) in [6.45, 7) is 6.12. The molecule has 1 unspecified atom stereocenters. The predicted molar refractivity (Wildman–Crippen MR) is 93.2 cm³/mol.